The van der Waals surface area contributed by atoms with Gasteiger partial charge in [0, 0.05) is 22.7 Å². The summed E-state index contributed by atoms with van der Waals surface area (Å²) in [6, 6.07) is 13.9. The molecule has 2 aliphatic heterocycles. The van der Waals surface area contributed by atoms with Crippen molar-refractivity contribution in [2.45, 2.75) is 86.1 Å². The van der Waals surface area contributed by atoms with Gasteiger partial charge in [-0.3, -0.25) is 9.59 Å². The molecule has 1 N–H and O–H groups in total. The van der Waals surface area contributed by atoms with Crippen LogP contribution in [0.5, 0.6) is 11.5 Å². The van der Waals surface area contributed by atoms with Crippen LogP contribution in [0.15, 0.2) is 47.4 Å². The smallest absolute Gasteiger partial charge is 0.256 e. The Morgan fingerprint density at radius 3 is 2.69 bits per heavy atom. The zero-order valence-electron chi connectivity index (χ0n) is 20.0. The van der Waals surface area contributed by atoms with Gasteiger partial charge >= 0.3 is 0 Å². The van der Waals surface area contributed by atoms with Gasteiger partial charge in [0.05, 0.1) is 5.56 Å². The van der Waals surface area contributed by atoms with Crippen molar-refractivity contribution in [3.63, 3.8) is 0 Å². The first-order valence-electron chi connectivity index (χ1n) is 12.9. The van der Waals surface area contributed by atoms with Gasteiger partial charge in [-0.15, -0.1) is 11.8 Å². The Kier molecular flexibility index (Phi) is 6.13. The lowest BCUT2D eigenvalue weighted by Gasteiger charge is -2.49. The first-order valence-corrected chi connectivity index (χ1v) is 13.8. The third-order valence-electron chi connectivity index (χ3n) is 8.03. The molecular formula is C28H32N2O4S. The van der Waals surface area contributed by atoms with Gasteiger partial charge in [-0.25, -0.2) is 0 Å². The Labute approximate surface area is 210 Å². The molecule has 2 aromatic carbocycles. The highest BCUT2D eigenvalue weighted by Crippen LogP contribution is 2.49. The van der Waals surface area contributed by atoms with Crippen molar-refractivity contribution >= 4 is 23.6 Å². The molecule has 6 nitrogen and oxygen atoms in total. The first-order chi connectivity index (χ1) is 17.1. The minimum atomic E-state index is -0.882. The lowest BCUT2D eigenvalue weighted by atomic mass is 9.77. The zero-order valence-corrected chi connectivity index (χ0v) is 20.8. The molecule has 35 heavy (non-hydrogen) atoms. The SMILES string of the molecule is O=C1c2ccccc2S[C@H]2CCCC[C@@]2(C(=O)NC2CCCCC2)N1Cc1ccc2c(c1)OCO2. The fourth-order valence-electron chi connectivity index (χ4n) is 6.19. The molecule has 0 bridgehead atoms. The number of amides is 2. The van der Waals surface area contributed by atoms with Crippen molar-refractivity contribution in [1.29, 1.82) is 0 Å². The molecule has 2 atom stereocenters. The molecule has 4 aliphatic rings. The summed E-state index contributed by atoms with van der Waals surface area (Å²) in [7, 11) is 0. The molecule has 2 saturated carbocycles. The quantitative estimate of drug-likeness (QED) is 0.628. The van der Waals surface area contributed by atoms with Crippen LogP contribution in [0.25, 0.3) is 0 Å². The summed E-state index contributed by atoms with van der Waals surface area (Å²) in [5.74, 6) is 1.38. The molecule has 2 aromatic rings. The Morgan fingerprint density at radius 2 is 1.80 bits per heavy atom. The molecule has 0 aromatic heterocycles. The Balaban J connectivity index is 1.42. The minimum Gasteiger partial charge on any atom is -0.454 e. The van der Waals surface area contributed by atoms with E-state index in [1.165, 1.54) is 6.42 Å². The number of hydrogen-bond donors (Lipinski definition) is 1. The summed E-state index contributed by atoms with van der Waals surface area (Å²) in [5, 5.41) is 3.44. The fraction of sp³-hybridized carbons (Fsp3) is 0.500. The van der Waals surface area contributed by atoms with Crippen LogP contribution in [-0.4, -0.2) is 40.3 Å². The van der Waals surface area contributed by atoms with E-state index in [2.05, 4.69) is 5.32 Å². The molecule has 0 saturated heterocycles. The van der Waals surface area contributed by atoms with E-state index in [-0.39, 0.29) is 29.9 Å². The normalized spacial score (nSPS) is 26.0. The Morgan fingerprint density at radius 1 is 1.00 bits per heavy atom. The highest BCUT2D eigenvalue weighted by atomic mass is 32.2. The van der Waals surface area contributed by atoms with Crippen molar-refractivity contribution in [3.05, 3.63) is 53.6 Å². The lowest BCUT2D eigenvalue weighted by Crippen LogP contribution is -2.67. The van der Waals surface area contributed by atoms with Gasteiger partial charge in [-0.1, -0.05) is 50.3 Å². The first kappa shape index (κ1) is 22.8. The number of nitrogens with one attached hydrogen (secondary N) is 1. The number of rotatable bonds is 4. The molecule has 184 valence electrons. The van der Waals surface area contributed by atoms with Crippen LogP contribution in [0.3, 0.4) is 0 Å². The van der Waals surface area contributed by atoms with Gasteiger partial charge in [0.1, 0.15) is 5.54 Å². The highest BCUT2D eigenvalue weighted by molar-refractivity contribution is 8.00. The van der Waals surface area contributed by atoms with Crippen LogP contribution < -0.4 is 14.8 Å². The summed E-state index contributed by atoms with van der Waals surface area (Å²) in [5.41, 5.74) is 0.756. The molecule has 2 aliphatic carbocycles. The van der Waals surface area contributed by atoms with Crippen molar-refractivity contribution < 1.29 is 19.1 Å². The van der Waals surface area contributed by atoms with Gasteiger partial charge < -0.3 is 19.7 Å². The summed E-state index contributed by atoms with van der Waals surface area (Å²) >= 11 is 1.72. The number of ether oxygens (including phenoxy) is 2. The second-order valence-electron chi connectivity index (χ2n) is 10.2. The van der Waals surface area contributed by atoms with E-state index in [0.717, 1.165) is 61.2 Å². The van der Waals surface area contributed by atoms with Crippen molar-refractivity contribution in [3.8, 4) is 11.5 Å². The number of carbonyl (C=O) groups is 2. The lowest BCUT2D eigenvalue weighted by molar-refractivity contribution is -0.135. The van der Waals surface area contributed by atoms with E-state index >= 15 is 0 Å². The molecule has 0 radical (unpaired) electrons. The molecule has 0 unspecified atom stereocenters. The molecule has 2 heterocycles. The second kappa shape index (κ2) is 9.41. The maximum absolute atomic E-state index is 14.3. The highest BCUT2D eigenvalue weighted by Gasteiger charge is 2.55. The summed E-state index contributed by atoms with van der Waals surface area (Å²) in [4.78, 5) is 31.4. The molecule has 6 rings (SSSR count). The molecule has 2 amide bonds. The molecule has 0 spiro atoms. The summed E-state index contributed by atoms with van der Waals surface area (Å²) in [6.45, 7) is 0.570. The van der Waals surface area contributed by atoms with E-state index in [4.69, 9.17) is 9.47 Å². The monoisotopic (exact) mass is 492 g/mol. The fourth-order valence-corrected chi connectivity index (χ4v) is 7.77. The van der Waals surface area contributed by atoms with E-state index in [1.54, 1.807) is 11.8 Å². The number of thioether (sulfide) groups is 1. The van der Waals surface area contributed by atoms with Gasteiger partial charge in [-0.2, -0.15) is 0 Å². The number of nitrogens with zero attached hydrogens (tertiary/aromatic N) is 1. The van der Waals surface area contributed by atoms with Crippen LogP contribution in [0, 0.1) is 0 Å². The maximum atomic E-state index is 14.3. The summed E-state index contributed by atoms with van der Waals surface area (Å²) < 4.78 is 11.1. The van der Waals surface area contributed by atoms with Crippen LogP contribution in [0.1, 0.15) is 73.7 Å². The van der Waals surface area contributed by atoms with Gasteiger partial charge in [0.2, 0.25) is 12.7 Å². The van der Waals surface area contributed by atoms with E-state index < -0.39 is 5.54 Å². The topological polar surface area (TPSA) is 67.9 Å². The standard InChI is InChI=1S/C28H32N2O4S/c31-26-21-10-4-5-11-24(21)35-25-12-6-7-15-28(25,27(32)29-20-8-2-1-3-9-20)30(26)17-19-13-14-22-23(16-19)34-18-33-22/h4-5,10-11,13-14,16,20,25H,1-3,6-9,12,15,17-18H2,(H,29,32)/t25-,28+/m0/s1. The molecule has 2 fully saturated rings. The maximum Gasteiger partial charge on any atom is 0.256 e. The average Bonchev–Trinajstić information content (AvgIpc) is 3.32. The van der Waals surface area contributed by atoms with Crippen LogP contribution >= 0.6 is 11.8 Å². The van der Waals surface area contributed by atoms with Gasteiger partial charge in [0.25, 0.3) is 5.91 Å². The number of benzene rings is 2. The Hall–Kier alpha value is -2.67. The van der Waals surface area contributed by atoms with Gasteiger partial charge in [-0.05, 0) is 55.5 Å². The van der Waals surface area contributed by atoms with Crippen LogP contribution in [-0.2, 0) is 11.3 Å². The van der Waals surface area contributed by atoms with Crippen molar-refractivity contribution in [2.75, 3.05) is 6.79 Å². The largest absolute Gasteiger partial charge is 0.454 e. The number of fused-ring (bicyclic) bond motifs is 3. The Bertz CT molecular complexity index is 1130. The van der Waals surface area contributed by atoms with Crippen molar-refractivity contribution in [1.82, 2.24) is 10.2 Å². The minimum absolute atomic E-state index is 0.0152. The number of carbonyl (C=O) groups excluding carboxylic acids is 2. The van der Waals surface area contributed by atoms with E-state index in [1.807, 2.05) is 47.4 Å². The van der Waals surface area contributed by atoms with Crippen LogP contribution in [0.2, 0.25) is 0 Å². The molecule has 7 heteroatoms. The predicted octanol–water partition coefficient (Wildman–Crippen LogP) is 5.29. The van der Waals surface area contributed by atoms with E-state index in [9.17, 15) is 9.59 Å². The third kappa shape index (κ3) is 4.07. The van der Waals surface area contributed by atoms with E-state index in [0.29, 0.717) is 24.3 Å². The van der Waals surface area contributed by atoms with Crippen LogP contribution in [0.4, 0.5) is 0 Å². The average molecular weight is 493 g/mol. The zero-order chi connectivity index (χ0) is 23.8. The second-order valence-corrected chi connectivity index (χ2v) is 11.4. The number of hydrogen-bond acceptors (Lipinski definition) is 5. The molecular weight excluding hydrogens is 460 g/mol. The predicted molar refractivity (Wildman–Crippen MR) is 135 cm³/mol. The third-order valence-corrected chi connectivity index (χ3v) is 9.55. The van der Waals surface area contributed by atoms with Crippen molar-refractivity contribution in [2.24, 2.45) is 0 Å². The van der Waals surface area contributed by atoms with Gasteiger partial charge in [0.15, 0.2) is 11.5 Å². The summed E-state index contributed by atoms with van der Waals surface area (Å²) in [6.07, 6.45) is 9.21.